The molecule has 0 unspecified atom stereocenters. The van der Waals surface area contributed by atoms with Gasteiger partial charge in [-0.15, -0.1) is 0 Å². The maximum atomic E-state index is 13.4. The Bertz CT molecular complexity index is 1080. The topological polar surface area (TPSA) is 58.6 Å². The number of hydrogen-bond acceptors (Lipinski definition) is 3. The average Bonchev–Trinajstić information content (AvgIpc) is 2.79. The molecule has 1 N–H and O–H groups in total. The fourth-order valence-corrected chi connectivity index (χ4v) is 4.01. The molecule has 0 bridgehead atoms. The molecule has 0 aromatic heterocycles. The summed E-state index contributed by atoms with van der Waals surface area (Å²) >= 11 is 6.17. The number of nitrogens with zero attached hydrogens (tertiary/aromatic N) is 1. The van der Waals surface area contributed by atoms with E-state index in [1.807, 2.05) is 74.5 Å². The van der Waals surface area contributed by atoms with Crippen molar-refractivity contribution in [1.82, 2.24) is 10.2 Å². The number of ether oxygens (including phenoxy) is 1. The second kappa shape index (κ2) is 11.5. The van der Waals surface area contributed by atoms with Gasteiger partial charge in [0.1, 0.15) is 11.8 Å². The SMILES string of the molecule is CNC(=O)[C@@H](Cc1ccccc1)N(Cc1cccc(Cl)c1)C(=O)COc1cc(C)cc(C)c1. The van der Waals surface area contributed by atoms with Gasteiger partial charge in [-0.1, -0.05) is 60.1 Å². The summed E-state index contributed by atoms with van der Waals surface area (Å²) in [6, 6.07) is 22.1. The Hall–Kier alpha value is -3.31. The van der Waals surface area contributed by atoms with Crippen molar-refractivity contribution in [3.63, 3.8) is 0 Å². The van der Waals surface area contributed by atoms with E-state index in [1.165, 1.54) is 0 Å². The summed E-state index contributed by atoms with van der Waals surface area (Å²) < 4.78 is 5.84. The van der Waals surface area contributed by atoms with Crippen LogP contribution in [0.25, 0.3) is 0 Å². The van der Waals surface area contributed by atoms with Crippen LogP contribution in [0.4, 0.5) is 0 Å². The van der Waals surface area contributed by atoms with E-state index < -0.39 is 6.04 Å². The Kier molecular flexibility index (Phi) is 8.50. The van der Waals surface area contributed by atoms with Crippen LogP contribution >= 0.6 is 11.6 Å². The van der Waals surface area contributed by atoms with Crippen molar-refractivity contribution >= 4 is 23.4 Å². The van der Waals surface area contributed by atoms with E-state index in [-0.39, 0.29) is 25.0 Å². The van der Waals surface area contributed by atoms with E-state index in [9.17, 15) is 9.59 Å². The summed E-state index contributed by atoms with van der Waals surface area (Å²) in [6.07, 6.45) is 0.385. The summed E-state index contributed by atoms with van der Waals surface area (Å²) in [5.74, 6) is 0.113. The van der Waals surface area contributed by atoms with Crippen LogP contribution in [0.1, 0.15) is 22.3 Å². The number of carbonyl (C=O) groups excluding carboxylic acids is 2. The highest BCUT2D eigenvalue weighted by Gasteiger charge is 2.30. The first-order chi connectivity index (χ1) is 15.9. The first-order valence-electron chi connectivity index (χ1n) is 10.9. The molecule has 0 aliphatic carbocycles. The number of nitrogens with one attached hydrogen (secondary N) is 1. The fourth-order valence-electron chi connectivity index (χ4n) is 3.80. The molecule has 0 spiro atoms. The molecule has 3 aromatic carbocycles. The minimum absolute atomic E-state index is 0.175. The van der Waals surface area contributed by atoms with Crippen molar-refractivity contribution in [2.75, 3.05) is 13.7 Å². The molecule has 0 aliphatic heterocycles. The number of amides is 2. The lowest BCUT2D eigenvalue weighted by Crippen LogP contribution is -2.51. The van der Waals surface area contributed by atoms with Crippen LogP contribution in [-0.2, 0) is 22.6 Å². The predicted molar refractivity (Wildman–Crippen MR) is 131 cm³/mol. The minimum Gasteiger partial charge on any atom is -0.484 e. The number of likely N-dealkylation sites (N-methyl/N-ethyl adjacent to an activating group) is 1. The standard InChI is InChI=1S/C27H29ClN2O3/c1-19-12-20(2)14-24(13-19)33-18-26(31)30(17-22-10-7-11-23(28)15-22)25(27(32)29-3)16-21-8-5-4-6-9-21/h4-15,25H,16-18H2,1-3H3,(H,29,32)/t25-/m1/s1. The molecule has 0 saturated carbocycles. The van der Waals surface area contributed by atoms with Gasteiger partial charge in [0.25, 0.3) is 5.91 Å². The Morgan fingerprint density at radius 1 is 0.939 bits per heavy atom. The number of halogens is 1. The summed E-state index contributed by atoms with van der Waals surface area (Å²) in [5, 5.41) is 3.28. The van der Waals surface area contributed by atoms with E-state index in [1.54, 1.807) is 24.1 Å². The molecule has 33 heavy (non-hydrogen) atoms. The van der Waals surface area contributed by atoms with E-state index in [4.69, 9.17) is 16.3 Å². The normalized spacial score (nSPS) is 11.5. The lowest BCUT2D eigenvalue weighted by molar-refractivity contribution is -0.142. The van der Waals surface area contributed by atoms with Gasteiger partial charge in [-0.05, 0) is 60.4 Å². The Morgan fingerprint density at radius 2 is 1.61 bits per heavy atom. The maximum absolute atomic E-state index is 13.4. The van der Waals surface area contributed by atoms with Gasteiger partial charge in [0, 0.05) is 25.0 Å². The maximum Gasteiger partial charge on any atom is 0.261 e. The second-order valence-corrected chi connectivity index (χ2v) is 8.52. The number of benzene rings is 3. The van der Waals surface area contributed by atoms with Crippen molar-refractivity contribution in [3.8, 4) is 5.75 Å². The monoisotopic (exact) mass is 464 g/mol. The van der Waals surface area contributed by atoms with Gasteiger partial charge in [-0.25, -0.2) is 0 Å². The van der Waals surface area contributed by atoms with Crippen LogP contribution in [0.2, 0.25) is 5.02 Å². The summed E-state index contributed by atoms with van der Waals surface area (Å²) in [7, 11) is 1.58. The molecule has 1 atom stereocenters. The first kappa shape index (κ1) is 24.3. The molecular weight excluding hydrogens is 436 g/mol. The zero-order valence-electron chi connectivity index (χ0n) is 19.2. The van der Waals surface area contributed by atoms with Gasteiger partial charge < -0.3 is 15.0 Å². The lowest BCUT2D eigenvalue weighted by atomic mass is 10.0. The van der Waals surface area contributed by atoms with Gasteiger partial charge in [0.2, 0.25) is 5.91 Å². The van der Waals surface area contributed by atoms with E-state index in [0.29, 0.717) is 17.2 Å². The predicted octanol–water partition coefficient (Wildman–Crippen LogP) is 4.72. The molecule has 5 nitrogen and oxygen atoms in total. The van der Waals surface area contributed by atoms with Crippen LogP contribution in [0, 0.1) is 13.8 Å². The third kappa shape index (κ3) is 7.09. The molecule has 172 valence electrons. The summed E-state index contributed by atoms with van der Waals surface area (Å²) in [6.45, 7) is 4.02. The quantitative estimate of drug-likeness (QED) is 0.498. The molecule has 0 aliphatic rings. The van der Waals surface area contributed by atoms with Crippen molar-refractivity contribution in [2.24, 2.45) is 0 Å². The molecule has 0 saturated heterocycles. The smallest absolute Gasteiger partial charge is 0.261 e. The Labute approximate surface area is 200 Å². The molecule has 0 heterocycles. The highest BCUT2D eigenvalue weighted by Crippen LogP contribution is 2.19. The first-order valence-corrected chi connectivity index (χ1v) is 11.2. The third-order valence-corrected chi connectivity index (χ3v) is 5.55. The molecule has 6 heteroatoms. The molecule has 0 radical (unpaired) electrons. The van der Waals surface area contributed by atoms with E-state index in [0.717, 1.165) is 22.3 Å². The lowest BCUT2D eigenvalue weighted by Gasteiger charge is -2.31. The molecule has 3 aromatic rings. The van der Waals surface area contributed by atoms with Crippen LogP contribution in [0.15, 0.2) is 72.8 Å². The van der Waals surface area contributed by atoms with E-state index in [2.05, 4.69) is 5.32 Å². The zero-order valence-corrected chi connectivity index (χ0v) is 19.9. The summed E-state index contributed by atoms with van der Waals surface area (Å²) in [5.41, 5.74) is 3.91. The second-order valence-electron chi connectivity index (χ2n) is 8.08. The van der Waals surface area contributed by atoms with Gasteiger partial charge in [0.05, 0.1) is 0 Å². The van der Waals surface area contributed by atoms with Crippen molar-refractivity contribution < 1.29 is 14.3 Å². The fraction of sp³-hybridized carbons (Fsp3) is 0.259. The van der Waals surface area contributed by atoms with Crippen molar-refractivity contribution in [1.29, 1.82) is 0 Å². The van der Waals surface area contributed by atoms with Crippen LogP contribution < -0.4 is 10.1 Å². The number of rotatable bonds is 9. The minimum atomic E-state index is -0.702. The van der Waals surface area contributed by atoms with Gasteiger partial charge in [-0.2, -0.15) is 0 Å². The molecule has 2 amide bonds. The van der Waals surface area contributed by atoms with Crippen LogP contribution in [-0.4, -0.2) is 36.4 Å². The highest BCUT2D eigenvalue weighted by molar-refractivity contribution is 6.30. The molecule has 0 fully saturated rings. The van der Waals surface area contributed by atoms with E-state index >= 15 is 0 Å². The molecule has 3 rings (SSSR count). The van der Waals surface area contributed by atoms with Crippen LogP contribution in [0.3, 0.4) is 0 Å². The Balaban J connectivity index is 1.88. The molecular formula is C27H29ClN2O3. The highest BCUT2D eigenvalue weighted by atomic mass is 35.5. The van der Waals surface area contributed by atoms with Crippen molar-refractivity contribution in [2.45, 2.75) is 32.9 Å². The van der Waals surface area contributed by atoms with Gasteiger partial charge in [0.15, 0.2) is 6.61 Å². The number of aryl methyl sites for hydroxylation is 2. The average molecular weight is 465 g/mol. The number of hydrogen-bond donors (Lipinski definition) is 1. The number of carbonyl (C=O) groups is 2. The van der Waals surface area contributed by atoms with Crippen LogP contribution in [0.5, 0.6) is 5.75 Å². The van der Waals surface area contributed by atoms with Gasteiger partial charge >= 0.3 is 0 Å². The van der Waals surface area contributed by atoms with Crippen molar-refractivity contribution in [3.05, 3.63) is 100 Å². The summed E-state index contributed by atoms with van der Waals surface area (Å²) in [4.78, 5) is 27.9. The Morgan fingerprint density at radius 3 is 2.24 bits per heavy atom. The van der Waals surface area contributed by atoms with Gasteiger partial charge in [-0.3, -0.25) is 9.59 Å². The largest absolute Gasteiger partial charge is 0.484 e. The third-order valence-electron chi connectivity index (χ3n) is 5.32. The zero-order chi connectivity index (χ0) is 23.8.